The quantitative estimate of drug-likeness (QED) is 0.442. The summed E-state index contributed by atoms with van der Waals surface area (Å²) >= 11 is 0. The largest absolute Gasteiger partial charge is 0.492 e. The summed E-state index contributed by atoms with van der Waals surface area (Å²) in [5.41, 5.74) is 6.63. The highest BCUT2D eigenvalue weighted by atomic mass is 16.5. The van der Waals surface area contributed by atoms with E-state index in [0.717, 1.165) is 25.1 Å². The number of benzene rings is 3. The Bertz CT molecular complexity index is 896. The van der Waals surface area contributed by atoms with Crippen LogP contribution in [0.3, 0.4) is 0 Å². The van der Waals surface area contributed by atoms with Crippen molar-refractivity contribution < 1.29 is 4.74 Å². The van der Waals surface area contributed by atoms with Crippen molar-refractivity contribution in [3.63, 3.8) is 0 Å². The van der Waals surface area contributed by atoms with E-state index in [1.54, 1.807) is 0 Å². The Morgan fingerprint density at radius 2 is 1.34 bits per heavy atom. The van der Waals surface area contributed by atoms with Crippen LogP contribution in [0.5, 0.6) is 5.75 Å². The minimum Gasteiger partial charge on any atom is -0.492 e. The lowest BCUT2D eigenvalue weighted by Gasteiger charge is -2.17. The Labute approximate surface area is 175 Å². The minimum atomic E-state index is 0.696. The number of nitrogens with zero attached hydrogens (tertiary/aromatic N) is 1. The van der Waals surface area contributed by atoms with Crippen molar-refractivity contribution in [3.05, 3.63) is 107 Å². The predicted molar refractivity (Wildman–Crippen MR) is 123 cm³/mol. The van der Waals surface area contributed by atoms with Gasteiger partial charge in [-0.05, 0) is 61.3 Å². The van der Waals surface area contributed by atoms with E-state index in [-0.39, 0.29) is 0 Å². The normalized spacial score (nSPS) is 12.0. The molecule has 29 heavy (non-hydrogen) atoms. The zero-order valence-electron chi connectivity index (χ0n) is 17.8. The molecular formula is C27H31NO. The van der Waals surface area contributed by atoms with Crippen LogP contribution in [-0.2, 0) is 6.42 Å². The summed E-state index contributed by atoms with van der Waals surface area (Å²) in [5.74, 6) is 0.920. The van der Waals surface area contributed by atoms with Crippen LogP contribution in [0.2, 0.25) is 0 Å². The second-order valence-electron chi connectivity index (χ2n) is 7.54. The van der Waals surface area contributed by atoms with E-state index in [2.05, 4.69) is 111 Å². The Balaban J connectivity index is 1.93. The van der Waals surface area contributed by atoms with E-state index in [1.807, 2.05) is 0 Å². The first-order chi connectivity index (χ1) is 14.2. The van der Waals surface area contributed by atoms with Crippen molar-refractivity contribution in [1.29, 1.82) is 0 Å². The van der Waals surface area contributed by atoms with E-state index in [4.69, 9.17) is 4.74 Å². The molecule has 3 aromatic rings. The van der Waals surface area contributed by atoms with Crippen LogP contribution >= 0.6 is 0 Å². The molecule has 3 rings (SSSR count). The van der Waals surface area contributed by atoms with Crippen LogP contribution in [0.15, 0.2) is 90.5 Å². The third-order valence-corrected chi connectivity index (χ3v) is 5.05. The zero-order valence-corrected chi connectivity index (χ0v) is 17.8. The third-order valence-electron chi connectivity index (χ3n) is 5.05. The average Bonchev–Trinajstić information content (AvgIpc) is 2.75. The number of ether oxygens (including phenoxy) is 1. The fraction of sp³-hybridized carbons (Fsp3) is 0.259. The van der Waals surface area contributed by atoms with Gasteiger partial charge in [-0.3, -0.25) is 0 Å². The molecule has 0 atom stereocenters. The smallest absolute Gasteiger partial charge is 0.119 e. The lowest BCUT2D eigenvalue weighted by atomic mass is 9.88. The highest BCUT2D eigenvalue weighted by Gasteiger charge is 2.12. The van der Waals surface area contributed by atoms with Crippen molar-refractivity contribution in [2.75, 3.05) is 27.2 Å². The van der Waals surface area contributed by atoms with Gasteiger partial charge in [0.2, 0.25) is 0 Å². The van der Waals surface area contributed by atoms with Gasteiger partial charge < -0.3 is 9.64 Å². The van der Waals surface area contributed by atoms with E-state index >= 15 is 0 Å². The van der Waals surface area contributed by atoms with Gasteiger partial charge in [-0.15, -0.1) is 0 Å². The van der Waals surface area contributed by atoms with Gasteiger partial charge in [0.05, 0.1) is 0 Å². The molecule has 0 aliphatic heterocycles. The topological polar surface area (TPSA) is 12.5 Å². The number of rotatable bonds is 9. The summed E-state index contributed by atoms with van der Waals surface area (Å²) in [6.07, 6.45) is 1.98. The molecule has 3 aromatic carbocycles. The fourth-order valence-corrected chi connectivity index (χ4v) is 3.48. The van der Waals surface area contributed by atoms with Crippen LogP contribution in [0, 0.1) is 0 Å². The Kier molecular flexibility index (Phi) is 7.66. The van der Waals surface area contributed by atoms with Crippen LogP contribution in [0.1, 0.15) is 30.0 Å². The van der Waals surface area contributed by atoms with Gasteiger partial charge in [-0.1, -0.05) is 85.3 Å². The zero-order chi connectivity index (χ0) is 20.5. The molecule has 150 valence electrons. The van der Waals surface area contributed by atoms with E-state index in [0.29, 0.717) is 6.61 Å². The summed E-state index contributed by atoms with van der Waals surface area (Å²) in [4.78, 5) is 2.13. The monoisotopic (exact) mass is 385 g/mol. The molecule has 0 spiro atoms. The standard InChI is InChI=1S/C27H31NO/c1-4-23(21-22-11-7-5-8-12-22)27(24-13-9-6-10-14-24)25-15-17-26(18-16-25)29-20-19-28(2)3/h5-18H,4,19-21H2,1-3H3/b27-23-. The van der Waals surface area contributed by atoms with Gasteiger partial charge in [-0.2, -0.15) is 0 Å². The van der Waals surface area contributed by atoms with Crippen molar-refractivity contribution in [3.8, 4) is 5.75 Å². The van der Waals surface area contributed by atoms with Crippen molar-refractivity contribution in [2.45, 2.75) is 19.8 Å². The molecule has 0 fully saturated rings. The summed E-state index contributed by atoms with van der Waals surface area (Å²) in [7, 11) is 4.12. The SMILES string of the molecule is CC/C(Cc1ccccc1)=C(\c1ccccc1)c1ccc(OCCN(C)C)cc1. The second kappa shape index (κ2) is 10.6. The van der Waals surface area contributed by atoms with Gasteiger partial charge in [-0.25, -0.2) is 0 Å². The van der Waals surface area contributed by atoms with E-state index in [9.17, 15) is 0 Å². The predicted octanol–water partition coefficient (Wildman–Crippen LogP) is 6.08. The molecule has 0 N–H and O–H groups in total. The minimum absolute atomic E-state index is 0.696. The molecule has 0 saturated carbocycles. The molecule has 2 heteroatoms. The van der Waals surface area contributed by atoms with Gasteiger partial charge in [0.25, 0.3) is 0 Å². The molecule has 0 bridgehead atoms. The first-order valence-electron chi connectivity index (χ1n) is 10.4. The van der Waals surface area contributed by atoms with Gasteiger partial charge >= 0.3 is 0 Å². The average molecular weight is 386 g/mol. The number of allylic oxidation sites excluding steroid dienone is 1. The summed E-state index contributed by atoms with van der Waals surface area (Å²) in [6.45, 7) is 3.86. The molecule has 0 aromatic heterocycles. The molecular weight excluding hydrogens is 354 g/mol. The van der Waals surface area contributed by atoms with Gasteiger partial charge in [0.1, 0.15) is 12.4 Å². The number of likely N-dealkylation sites (N-methyl/N-ethyl adjacent to an activating group) is 1. The number of hydrogen-bond donors (Lipinski definition) is 0. The maximum Gasteiger partial charge on any atom is 0.119 e. The maximum absolute atomic E-state index is 5.88. The molecule has 0 heterocycles. The van der Waals surface area contributed by atoms with Crippen molar-refractivity contribution >= 4 is 5.57 Å². The molecule has 0 aliphatic rings. The fourth-order valence-electron chi connectivity index (χ4n) is 3.48. The summed E-state index contributed by atoms with van der Waals surface area (Å²) < 4.78 is 5.88. The molecule has 0 aliphatic carbocycles. The molecule has 0 saturated heterocycles. The lowest BCUT2D eigenvalue weighted by molar-refractivity contribution is 0.261. The van der Waals surface area contributed by atoms with Gasteiger partial charge in [0, 0.05) is 6.54 Å². The van der Waals surface area contributed by atoms with Crippen LogP contribution in [-0.4, -0.2) is 32.1 Å². The summed E-state index contributed by atoms with van der Waals surface area (Å²) in [5, 5.41) is 0. The Morgan fingerprint density at radius 3 is 1.93 bits per heavy atom. The van der Waals surface area contributed by atoms with Crippen LogP contribution in [0.4, 0.5) is 0 Å². The van der Waals surface area contributed by atoms with Crippen LogP contribution < -0.4 is 4.74 Å². The second-order valence-corrected chi connectivity index (χ2v) is 7.54. The first kappa shape index (κ1) is 20.9. The van der Waals surface area contributed by atoms with E-state index < -0.39 is 0 Å². The van der Waals surface area contributed by atoms with E-state index in [1.165, 1.54) is 27.8 Å². The maximum atomic E-state index is 5.88. The molecule has 0 unspecified atom stereocenters. The highest BCUT2D eigenvalue weighted by Crippen LogP contribution is 2.31. The Morgan fingerprint density at radius 1 is 0.759 bits per heavy atom. The highest BCUT2D eigenvalue weighted by molar-refractivity contribution is 5.82. The molecule has 0 amide bonds. The van der Waals surface area contributed by atoms with Crippen molar-refractivity contribution in [1.82, 2.24) is 4.90 Å². The third kappa shape index (κ3) is 6.07. The molecule has 2 nitrogen and oxygen atoms in total. The van der Waals surface area contributed by atoms with Crippen LogP contribution in [0.25, 0.3) is 5.57 Å². The number of hydrogen-bond acceptors (Lipinski definition) is 2. The van der Waals surface area contributed by atoms with Gasteiger partial charge in [0.15, 0.2) is 0 Å². The first-order valence-corrected chi connectivity index (χ1v) is 10.4. The Hall–Kier alpha value is -2.84. The summed E-state index contributed by atoms with van der Waals surface area (Å²) in [6, 6.07) is 30.0. The molecule has 0 radical (unpaired) electrons. The lowest BCUT2D eigenvalue weighted by Crippen LogP contribution is -2.19. The van der Waals surface area contributed by atoms with Crippen molar-refractivity contribution in [2.24, 2.45) is 0 Å².